The van der Waals surface area contributed by atoms with Gasteiger partial charge in [-0.2, -0.15) is 5.11 Å². The van der Waals surface area contributed by atoms with Crippen LogP contribution in [-0.4, -0.2) is 50.2 Å². The average molecular weight is 376 g/mol. The fraction of sp³-hybridized carbons (Fsp3) is 0.375. The van der Waals surface area contributed by atoms with Gasteiger partial charge in [0.1, 0.15) is 23.9 Å². The van der Waals surface area contributed by atoms with Gasteiger partial charge >= 0.3 is 0 Å². The van der Waals surface area contributed by atoms with E-state index in [2.05, 4.69) is 25.5 Å². The minimum absolute atomic E-state index is 0.234. The summed E-state index contributed by atoms with van der Waals surface area (Å²) in [5, 5.41) is 32.3. The van der Waals surface area contributed by atoms with Crippen LogP contribution in [0.15, 0.2) is 45.7 Å². The molecule has 1 aromatic heterocycles. The second-order valence-corrected chi connectivity index (χ2v) is 7.29. The summed E-state index contributed by atoms with van der Waals surface area (Å²) in [6.07, 6.45) is -0.664. The van der Waals surface area contributed by atoms with Crippen molar-refractivity contribution in [3.05, 3.63) is 42.1 Å². The number of rotatable bonds is 4. The number of aliphatic hydroxyl groups excluding tert-OH is 2. The van der Waals surface area contributed by atoms with Crippen molar-refractivity contribution in [2.24, 2.45) is 10.2 Å². The van der Waals surface area contributed by atoms with Gasteiger partial charge in [-0.15, -0.1) is 16.9 Å². The SMILES string of the molecule is Nc1ncnc2c1N=NC2[C@H]1N[C@@H](CSc2ccc(F)cc2)[C@H](O)[C@@H]1O. The molecular weight excluding hydrogens is 359 g/mol. The van der Waals surface area contributed by atoms with Crippen LogP contribution >= 0.6 is 11.8 Å². The smallest absolute Gasteiger partial charge is 0.155 e. The Morgan fingerprint density at radius 3 is 2.69 bits per heavy atom. The van der Waals surface area contributed by atoms with Gasteiger partial charge in [-0.3, -0.25) is 0 Å². The maximum Gasteiger partial charge on any atom is 0.155 e. The highest BCUT2D eigenvalue weighted by Crippen LogP contribution is 2.41. The van der Waals surface area contributed by atoms with Crippen molar-refractivity contribution in [2.45, 2.75) is 35.2 Å². The topological polar surface area (TPSA) is 129 Å². The number of fused-ring (bicyclic) bond motifs is 1. The zero-order chi connectivity index (χ0) is 18.3. The van der Waals surface area contributed by atoms with Gasteiger partial charge in [0, 0.05) is 16.7 Å². The molecule has 2 aromatic rings. The van der Waals surface area contributed by atoms with Crippen molar-refractivity contribution < 1.29 is 14.6 Å². The van der Waals surface area contributed by atoms with Crippen LogP contribution < -0.4 is 11.1 Å². The molecule has 26 heavy (non-hydrogen) atoms. The van der Waals surface area contributed by atoms with E-state index in [9.17, 15) is 14.6 Å². The number of nitrogens with one attached hydrogen (secondary N) is 1. The average Bonchev–Trinajstić information content (AvgIpc) is 3.18. The van der Waals surface area contributed by atoms with Crippen LogP contribution in [-0.2, 0) is 0 Å². The first-order valence-electron chi connectivity index (χ1n) is 8.06. The lowest BCUT2D eigenvalue weighted by molar-refractivity contribution is 0.0271. The molecule has 1 aromatic carbocycles. The first-order chi connectivity index (χ1) is 12.5. The first kappa shape index (κ1) is 17.3. The van der Waals surface area contributed by atoms with Crippen LogP contribution in [0.25, 0.3) is 0 Å². The Balaban J connectivity index is 1.46. The minimum atomic E-state index is -1.03. The first-order valence-corrected chi connectivity index (χ1v) is 9.05. The number of hydrogen-bond donors (Lipinski definition) is 4. The number of hydrogen-bond acceptors (Lipinski definition) is 9. The van der Waals surface area contributed by atoms with Gasteiger partial charge in [-0.05, 0) is 24.3 Å². The van der Waals surface area contributed by atoms with E-state index in [-0.39, 0.29) is 17.7 Å². The fourth-order valence-corrected chi connectivity index (χ4v) is 4.17. The zero-order valence-corrected chi connectivity index (χ0v) is 14.3. The summed E-state index contributed by atoms with van der Waals surface area (Å²) in [5.74, 6) is 0.441. The van der Waals surface area contributed by atoms with Crippen LogP contribution in [0.2, 0.25) is 0 Å². The van der Waals surface area contributed by atoms with Gasteiger partial charge in [0.25, 0.3) is 0 Å². The molecule has 8 nitrogen and oxygen atoms in total. The van der Waals surface area contributed by atoms with Gasteiger partial charge in [-0.25, -0.2) is 14.4 Å². The number of halogens is 1. The number of thioether (sulfide) groups is 1. The number of aliphatic hydroxyl groups is 2. The van der Waals surface area contributed by atoms with E-state index in [0.717, 1.165) is 4.90 Å². The van der Waals surface area contributed by atoms with Crippen LogP contribution in [0, 0.1) is 5.82 Å². The summed E-state index contributed by atoms with van der Waals surface area (Å²) >= 11 is 1.46. The summed E-state index contributed by atoms with van der Waals surface area (Å²) in [5.41, 5.74) is 6.72. The lowest BCUT2D eigenvalue weighted by atomic mass is 9.99. The Hall–Kier alpha value is -2.14. The summed E-state index contributed by atoms with van der Waals surface area (Å²) in [4.78, 5) is 8.94. The summed E-state index contributed by atoms with van der Waals surface area (Å²) in [6, 6.07) is 4.69. The maximum atomic E-state index is 13.0. The van der Waals surface area contributed by atoms with E-state index >= 15 is 0 Å². The normalized spacial score (nSPS) is 29.9. The number of anilines is 1. The molecule has 0 radical (unpaired) electrons. The third kappa shape index (κ3) is 3.05. The van der Waals surface area contributed by atoms with Crippen LogP contribution in [0.3, 0.4) is 0 Å². The summed E-state index contributed by atoms with van der Waals surface area (Å²) < 4.78 is 13.0. The second-order valence-electron chi connectivity index (χ2n) is 6.20. The third-order valence-electron chi connectivity index (χ3n) is 4.56. The Morgan fingerprint density at radius 1 is 1.15 bits per heavy atom. The minimum Gasteiger partial charge on any atom is -0.389 e. The van der Waals surface area contributed by atoms with E-state index in [1.54, 1.807) is 12.1 Å². The van der Waals surface area contributed by atoms with E-state index in [0.29, 0.717) is 17.1 Å². The number of nitrogens with zero attached hydrogens (tertiary/aromatic N) is 4. The molecule has 1 saturated heterocycles. The predicted molar refractivity (Wildman–Crippen MR) is 93.6 cm³/mol. The highest BCUT2D eigenvalue weighted by molar-refractivity contribution is 7.99. The van der Waals surface area contributed by atoms with Crippen molar-refractivity contribution >= 4 is 23.3 Å². The maximum absolute atomic E-state index is 13.0. The Morgan fingerprint density at radius 2 is 1.92 bits per heavy atom. The molecule has 2 aliphatic heterocycles. The highest BCUT2D eigenvalue weighted by Gasteiger charge is 2.47. The van der Waals surface area contributed by atoms with E-state index in [4.69, 9.17) is 5.73 Å². The quantitative estimate of drug-likeness (QED) is 0.590. The Kier molecular flexibility index (Phi) is 4.57. The predicted octanol–water partition coefficient (Wildman–Crippen LogP) is 1.19. The fourth-order valence-electron chi connectivity index (χ4n) is 3.18. The molecule has 1 fully saturated rings. The third-order valence-corrected chi connectivity index (χ3v) is 5.69. The van der Waals surface area contributed by atoms with Crippen molar-refractivity contribution in [1.29, 1.82) is 0 Å². The van der Waals surface area contributed by atoms with Gasteiger partial charge < -0.3 is 21.3 Å². The van der Waals surface area contributed by atoms with Crippen molar-refractivity contribution in [2.75, 3.05) is 11.5 Å². The molecule has 4 rings (SSSR count). The molecule has 136 valence electrons. The number of nitrogen functional groups attached to an aromatic ring is 1. The van der Waals surface area contributed by atoms with Gasteiger partial charge in [0.2, 0.25) is 0 Å². The number of azo groups is 1. The molecule has 0 spiro atoms. The molecule has 0 amide bonds. The Bertz CT molecular complexity index is 836. The molecule has 0 bridgehead atoms. The molecular formula is C16H17FN6O2S. The largest absolute Gasteiger partial charge is 0.389 e. The van der Waals surface area contributed by atoms with E-state index in [1.165, 1.54) is 30.2 Å². The number of benzene rings is 1. The lowest BCUT2D eigenvalue weighted by Gasteiger charge is -2.19. The molecule has 5 N–H and O–H groups in total. The van der Waals surface area contributed by atoms with E-state index < -0.39 is 24.3 Å². The molecule has 2 aliphatic rings. The van der Waals surface area contributed by atoms with Crippen LogP contribution in [0.4, 0.5) is 15.9 Å². The van der Waals surface area contributed by atoms with Crippen LogP contribution in [0.5, 0.6) is 0 Å². The number of aromatic nitrogens is 2. The second kappa shape index (κ2) is 6.88. The molecule has 1 unspecified atom stereocenters. The van der Waals surface area contributed by atoms with Crippen molar-refractivity contribution in [1.82, 2.24) is 15.3 Å². The van der Waals surface area contributed by atoms with Crippen molar-refractivity contribution in [3.63, 3.8) is 0 Å². The highest BCUT2D eigenvalue weighted by atomic mass is 32.2. The van der Waals surface area contributed by atoms with Gasteiger partial charge in [0.15, 0.2) is 11.5 Å². The molecule has 10 heteroatoms. The van der Waals surface area contributed by atoms with Crippen LogP contribution in [0.1, 0.15) is 11.7 Å². The lowest BCUT2D eigenvalue weighted by Crippen LogP contribution is -2.38. The molecule has 3 heterocycles. The van der Waals surface area contributed by atoms with Gasteiger partial charge in [-0.1, -0.05) is 0 Å². The Labute approximate surface area is 152 Å². The van der Waals surface area contributed by atoms with E-state index in [1.807, 2.05) is 0 Å². The standard InChI is InChI=1S/C16H17FN6O2S/c17-7-1-3-8(4-2-7)26-5-9-14(24)15(25)12(21-9)11-10-13(23-22-11)16(18)20-6-19-10/h1-4,6,9,11-12,14-15,21,24-25H,5H2,(H2,18,19,20)/t9-,11?,12+,14-,15+/m0/s1. The van der Waals surface area contributed by atoms with Crippen molar-refractivity contribution in [3.8, 4) is 0 Å². The molecule has 0 saturated carbocycles. The summed E-state index contributed by atoms with van der Waals surface area (Å²) in [6.45, 7) is 0. The monoisotopic (exact) mass is 376 g/mol. The number of nitrogens with two attached hydrogens (primary N) is 1. The molecule has 5 atom stereocenters. The zero-order valence-electron chi connectivity index (χ0n) is 13.5. The molecule has 0 aliphatic carbocycles. The summed E-state index contributed by atoms with van der Waals surface area (Å²) in [7, 11) is 0. The van der Waals surface area contributed by atoms with Gasteiger partial charge in [0.05, 0.1) is 18.2 Å².